The van der Waals surface area contributed by atoms with Crippen molar-refractivity contribution < 1.29 is 4.79 Å². The predicted octanol–water partition coefficient (Wildman–Crippen LogP) is 4.08. The summed E-state index contributed by atoms with van der Waals surface area (Å²) < 4.78 is 3.28. The number of hydrogen-bond donors (Lipinski definition) is 2. The van der Waals surface area contributed by atoms with E-state index in [9.17, 15) is 9.59 Å². The van der Waals surface area contributed by atoms with E-state index >= 15 is 0 Å². The van der Waals surface area contributed by atoms with E-state index in [1.807, 2.05) is 12.1 Å². The zero-order valence-corrected chi connectivity index (χ0v) is 21.5. The Morgan fingerprint density at radius 1 is 1.08 bits per heavy atom. The topological polar surface area (TPSA) is 123 Å². The number of pyridine rings is 1. The second-order valence-electron chi connectivity index (χ2n) is 8.86. The fraction of sp³-hybridized carbons (Fsp3) is 0.154. The van der Waals surface area contributed by atoms with Crippen LogP contribution in [0, 0.1) is 0 Å². The van der Waals surface area contributed by atoms with Gasteiger partial charge >= 0.3 is 0 Å². The minimum Gasteiger partial charge on any atom is -0.355 e. The van der Waals surface area contributed by atoms with Crippen molar-refractivity contribution in [2.24, 2.45) is 0 Å². The molecular weight excluding hydrogens is 527 g/mol. The van der Waals surface area contributed by atoms with Crippen LogP contribution >= 0.6 is 23.2 Å². The number of amides is 1. The van der Waals surface area contributed by atoms with Crippen LogP contribution in [0.5, 0.6) is 0 Å². The number of aryl methyl sites for hydroxylation is 1. The highest BCUT2D eigenvalue weighted by Gasteiger charge is 2.29. The largest absolute Gasteiger partial charge is 0.355 e. The molecule has 38 heavy (non-hydrogen) atoms. The molecule has 2 N–H and O–H groups in total. The molecule has 6 rings (SSSR count). The van der Waals surface area contributed by atoms with Crippen LogP contribution in [-0.4, -0.2) is 47.7 Å². The van der Waals surface area contributed by atoms with Crippen LogP contribution in [-0.2, 0) is 6.42 Å². The quantitative estimate of drug-likeness (QED) is 0.342. The molecule has 0 radical (unpaired) electrons. The van der Waals surface area contributed by atoms with Crippen molar-refractivity contribution >= 4 is 29.1 Å². The summed E-state index contributed by atoms with van der Waals surface area (Å²) in [6, 6.07) is 15.7. The van der Waals surface area contributed by atoms with Gasteiger partial charge in [-0.25, -0.2) is 4.98 Å². The minimum atomic E-state index is -0.290. The van der Waals surface area contributed by atoms with Gasteiger partial charge in [-0.1, -0.05) is 35.3 Å². The number of rotatable bonds is 5. The number of imidazole rings is 1. The Morgan fingerprint density at radius 2 is 1.89 bits per heavy atom. The number of hydrogen-bond acceptors (Lipinski definition) is 6. The number of benzene rings is 2. The Balaban J connectivity index is 1.36. The lowest BCUT2D eigenvalue weighted by molar-refractivity contribution is 0.0963. The van der Waals surface area contributed by atoms with Crippen LogP contribution in [0.3, 0.4) is 0 Å². The first-order valence-electron chi connectivity index (χ1n) is 11.8. The van der Waals surface area contributed by atoms with Gasteiger partial charge in [0, 0.05) is 40.5 Å². The van der Waals surface area contributed by atoms with Gasteiger partial charge in [-0.2, -0.15) is 4.68 Å². The lowest BCUT2D eigenvalue weighted by atomic mass is 10.0. The molecule has 0 bridgehead atoms. The van der Waals surface area contributed by atoms with E-state index in [4.69, 9.17) is 28.2 Å². The van der Waals surface area contributed by atoms with Crippen molar-refractivity contribution in [1.29, 1.82) is 0 Å². The molecule has 1 amide bonds. The maximum Gasteiger partial charge on any atom is 0.252 e. The number of tetrazole rings is 1. The number of H-pyrrole nitrogens is 1. The second-order valence-corrected chi connectivity index (χ2v) is 9.67. The average molecular weight is 547 g/mol. The molecule has 3 aromatic heterocycles. The first-order valence-corrected chi connectivity index (χ1v) is 12.5. The lowest BCUT2D eigenvalue weighted by Crippen LogP contribution is -2.24. The first-order chi connectivity index (χ1) is 18.4. The summed E-state index contributed by atoms with van der Waals surface area (Å²) in [5, 5.41) is 14.9. The molecular formula is C26H20Cl2N8O2. The van der Waals surface area contributed by atoms with E-state index in [0.29, 0.717) is 45.8 Å². The molecule has 0 aliphatic carbocycles. The summed E-state index contributed by atoms with van der Waals surface area (Å²) >= 11 is 12.8. The average Bonchev–Trinajstić information content (AvgIpc) is 3.68. The van der Waals surface area contributed by atoms with Crippen LogP contribution in [0.15, 0.2) is 65.7 Å². The zero-order valence-electron chi connectivity index (χ0n) is 20.0. The van der Waals surface area contributed by atoms with Crippen LogP contribution in [0.4, 0.5) is 0 Å². The lowest BCUT2D eigenvalue weighted by Gasteiger charge is -2.15. The zero-order chi connectivity index (χ0) is 26.4. The Bertz CT molecular complexity index is 1730. The smallest absolute Gasteiger partial charge is 0.252 e. The summed E-state index contributed by atoms with van der Waals surface area (Å²) in [5.74, 6) is 0.431. The molecule has 1 unspecified atom stereocenters. The number of nitrogens with one attached hydrogen (secondary N) is 2. The molecule has 1 aliphatic rings. The van der Waals surface area contributed by atoms with Crippen LogP contribution in [0.1, 0.15) is 34.3 Å². The third kappa shape index (κ3) is 4.17. The molecule has 0 saturated heterocycles. The number of nitrogens with zero attached hydrogens (tertiary/aromatic N) is 6. The third-order valence-electron chi connectivity index (χ3n) is 6.64. The fourth-order valence-corrected chi connectivity index (χ4v) is 5.28. The first kappa shape index (κ1) is 24.1. The van der Waals surface area contributed by atoms with E-state index in [0.717, 1.165) is 22.4 Å². The molecule has 12 heteroatoms. The van der Waals surface area contributed by atoms with Crippen LogP contribution in [0.25, 0.3) is 28.1 Å². The highest BCUT2D eigenvalue weighted by Crippen LogP contribution is 2.36. The van der Waals surface area contributed by atoms with Crippen LogP contribution in [0.2, 0.25) is 10.2 Å². The Kier molecular flexibility index (Phi) is 6.05. The van der Waals surface area contributed by atoms with Gasteiger partial charge in [-0.3, -0.25) is 9.59 Å². The molecule has 0 saturated carbocycles. The molecule has 4 heterocycles. The summed E-state index contributed by atoms with van der Waals surface area (Å²) in [4.78, 5) is 33.2. The molecule has 1 aliphatic heterocycles. The second kappa shape index (κ2) is 9.55. The molecule has 0 fully saturated rings. The van der Waals surface area contributed by atoms with Crippen molar-refractivity contribution in [3.63, 3.8) is 0 Å². The highest BCUT2D eigenvalue weighted by molar-refractivity contribution is 6.32. The van der Waals surface area contributed by atoms with Gasteiger partial charge in [0.1, 0.15) is 23.0 Å². The van der Waals surface area contributed by atoms with Gasteiger partial charge < -0.3 is 14.9 Å². The molecule has 1 atom stereocenters. The highest BCUT2D eigenvalue weighted by atomic mass is 35.5. The summed E-state index contributed by atoms with van der Waals surface area (Å²) in [6.07, 6.45) is 2.86. The van der Waals surface area contributed by atoms with Gasteiger partial charge in [-0.05, 0) is 65.2 Å². The van der Waals surface area contributed by atoms with E-state index in [1.165, 1.54) is 11.0 Å². The van der Waals surface area contributed by atoms with Gasteiger partial charge in [0.05, 0.1) is 11.7 Å². The molecule has 5 aromatic rings. The predicted molar refractivity (Wildman–Crippen MR) is 143 cm³/mol. The maximum absolute atomic E-state index is 13.4. The van der Waals surface area contributed by atoms with E-state index in [2.05, 4.69) is 25.8 Å². The Morgan fingerprint density at radius 3 is 2.63 bits per heavy atom. The molecule has 10 nitrogen and oxygen atoms in total. The third-order valence-corrected chi connectivity index (χ3v) is 7.15. The van der Waals surface area contributed by atoms with E-state index in [1.54, 1.807) is 54.1 Å². The number of aromatic nitrogens is 7. The SMILES string of the molecule is CNC(=O)c1ccc(-c2nc(C3CCc4cc(-c5cc(Cl)ccc5-n5cnnn5)cc(=O)n43)[nH]c2Cl)cc1. The van der Waals surface area contributed by atoms with Gasteiger partial charge in [0.25, 0.3) is 11.5 Å². The van der Waals surface area contributed by atoms with E-state index < -0.39 is 0 Å². The molecule has 2 aromatic carbocycles. The van der Waals surface area contributed by atoms with Crippen molar-refractivity contribution in [3.8, 4) is 28.1 Å². The number of halogens is 2. The van der Waals surface area contributed by atoms with Crippen molar-refractivity contribution in [2.75, 3.05) is 7.05 Å². The van der Waals surface area contributed by atoms with Gasteiger partial charge in [0.2, 0.25) is 0 Å². The van der Waals surface area contributed by atoms with E-state index in [-0.39, 0.29) is 17.5 Å². The van der Waals surface area contributed by atoms with Crippen LogP contribution < -0.4 is 10.9 Å². The summed E-state index contributed by atoms with van der Waals surface area (Å²) in [5.41, 5.74) is 4.77. The number of carbonyl (C=O) groups excluding carboxylic acids is 1. The Hall–Kier alpha value is -4.28. The van der Waals surface area contributed by atoms with Crippen molar-refractivity contribution in [2.45, 2.75) is 18.9 Å². The minimum absolute atomic E-state index is 0.161. The summed E-state index contributed by atoms with van der Waals surface area (Å²) in [7, 11) is 1.58. The monoisotopic (exact) mass is 546 g/mol. The number of aromatic amines is 1. The fourth-order valence-electron chi connectivity index (χ4n) is 4.86. The standard InChI is InChI=1S/C26H20Cl2N8O2/c1-29-26(38)15-4-2-14(3-5-15)23-24(28)32-25(31-23)21-9-7-18-10-16(11-22(37)36(18)21)19-12-17(27)6-8-20(19)35-13-30-33-34-35/h2-6,8,10-13,21H,7,9H2,1H3,(H,29,38)(H,31,32). The molecule has 190 valence electrons. The number of fused-ring (bicyclic) bond motifs is 1. The number of carbonyl (C=O) groups is 1. The van der Waals surface area contributed by atoms with Gasteiger partial charge in [-0.15, -0.1) is 5.10 Å². The van der Waals surface area contributed by atoms with Crippen molar-refractivity contribution in [1.82, 2.24) is 40.1 Å². The Labute approximate surface area is 226 Å². The van der Waals surface area contributed by atoms with Gasteiger partial charge in [0.15, 0.2) is 0 Å². The van der Waals surface area contributed by atoms with Crippen molar-refractivity contribution in [3.05, 3.63) is 98.5 Å². The summed E-state index contributed by atoms with van der Waals surface area (Å²) in [6.45, 7) is 0. The maximum atomic E-state index is 13.4. The molecule has 0 spiro atoms. The normalized spacial score (nSPS) is 14.4.